The van der Waals surface area contributed by atoms with E-state index in [1.807, 2.05) is 43.3 Å². The van der Waals surface area contributed by atoms with E-state index in [1.165, 1.54) is 11.8 Å². The summed E-state index contributed by atoms with van der Waals surface area (Å²) < 4.78 is 5.74. The molecule has 8 heteroatoms. The first-order valence-corrected chi connectivity index (χ1v) is 12.8. The fourth-order valence-corrected chi connectivity index (χ4v) is 4.41. The van der Waals surface area contributed by atoms with Crippen LogP contribution in [0, 0.1) is 5.92 Å². The van der Waals surface area contributed by atoms with Crippen molar-refractivity contribution in [2.24, 2.45) is 5.92 Å². The van der Waals surface area contributed by atoms with Gasteiger partial charge in [0, 0.05) is 43.6 Å². The zero-order valence-electron chi connectivity index (χ0n) is 22.8. The molecule has 4 rings (SSSR count). The van der Waals surface area contributed by atoms with Crippen LogP contribution in [0.1, 0.15) is 37.9 Å². The number of benzene rings is 3. The van der Waals surface area contributed by atoms with E-state index in [9.17, 15) is 19.5 Å². The molecular weight excluding hydrogens is 494 g/mol. The molecule has 1 unspecified atom stereocenters. The molecule has 0 bridgehead atoms. The summed E-state index contributed by atoms with van der Waals surface area (Å²) in [6, 6.07) is 20.1. The number of carbonyl (C=O) groups excluding carboxylic acids is 3. The van der Waals surface area contributed by atoms with Gasteiger partial charge >= 0.3 is 0 Å². The Labute approximate surface area is 228 Å². The number of amides is 2. The monoisotopic (exact) mass is 527 g/mol. The van der Waals surface area contributed by atoms with Gasteiger partial charge in [-0.2, -0.15) is 0 Å². The Kier molecular flexibility index (Phi) is 8.04. The first-order valence-electron chi connectivity index (χ1n) is 12.8. The minimum atomic E-state index is -0.857. The molecule has 39 heavy (non-hydrogen) atoms. The van der Waals surface area contributed by atoms with E-state index in [4.69, 9.17) is 4.74 Å². The quantitative estimate of drug-likeness (QED) is 0.232. The highest BCUT2D eigenvalue weighted by Gasteiger charge is 2.47. The van der Waals surface area contributed by atoms with Crippen molar-refractivity contribution in [3.63, 3.8) is 0 Å². The number of hydrogen-bond donors (Lipinski definition) is 2. The molecule has 1 saturated heterocycles. The summed E-state index contributed by atoms with van der Waals surface area (Å²) in [5.41, 5.74) is 3.05. The van der Waals surface area contributed by atoms with Crippen molar-refractivity contribution in [2.45, 2.75) is 26.8 Å². The zero-order chi connectivity index (χ0) is 28.3. The van der Waals surface area contributed by atoms with E-state index in [2.05, 4.69) is 19.2 Å². The highest BCUT2D eigenvalue weighted by atomic mass is 16.5. The molecule has 0 spiro atoms. The molecule has 1 heterocycles. The third kappa shape index (κ3) is 5.95. The summed E-state index contributed by atoms with van der Waals surface area (Å²) in [6.07, 6.45) is 0. The van der Waals surface area contributed by atoms with E-state index in [-0.39, 0.29) is 17.2 Å². The van der Waals surface area contributed by atoms with Crippen molar-refractivity contribution in [3.05, 3.63) is 89.5 Å². The molecule has 2 amide bonds. The Balaban J connectivity index is 1.80. The van der Waals surface area contributed by atoms with Gasteiger partial charge < -0.3 is 20.1 Å². The largest absolute Gasteiger partial charge is 0.507 e. The average molecular weight is 528 g/mol. The fraction of sp³-hybridized carbons (Fsp3) is 0.258. The average Bonchev–Trinajstić information content (AvgIpc) is 3.17. The van der Waals surface area contributed by atoms with Crippen molar-refractivity contribution in [1.29, 1.82) is 0 Å². The van der Waals surface area contributed by atoms with Crippen molar-refractivity contribution in [1.82, 2.24) is 0 Å². The summed E-state index contributed by atoms with van der Waals surface area (Å²) in [5, 5.41) is 14.1. The molecular formula is C31H33N3O5. The number of aliphatic hydroxyl groups is 1. The molecule has 0 radical (unpaired) electrons. The van der Waals surface area contributed by atoms with Crippen molar-refractivity contribution < 1.29 is 24.2 Å². The number of hydrogen-bond acceptors (Lipinski definition) is 6. The Hall–Kier alpha value is -4.59. The second-order valence-corrected chi connectivity index (χ2v) is 10.1. The molecule has 1 fully saturated rings. The van der Waals surface area contributed by atoms with Crippen LogP contribution >= 0.6 is 0 Å². The molecule has 3 aromatic rings. The number of aliphatic hydroxyl groups excluding tert-OH is 1. The van der Waals surface area contributed by atoms with E-state index < -0.39 is 17.7 Å². The Morgan fingerprint density at radius 3 is 2.13 bits per heavy atom. The number of nitrogens with one attached hydrogen (secondary N) is 1. The molecule has 8 nitrogen and oxygen atoms in total. The van der Waals surface area contributed by atoms with E-state index in [0.717, 1.165) is 5.69 Å². The summed E-state index contributed by atoms with van der Waals surface area (Å²) >= 11 is 0. The molecule has 1 atom stereocenters. The van der Waals surface area contributed by atoms with Gasteiger partial charge in [-0.25, -0.2) is 0 Å². The van der Waals surface area contributed by atoms with Crippen molar-refractivity contribution in [3.8, 4) is 5.75 Å². The molecule has 2 N–H and O–H groups in total. The van der Waals surface area contributed by atoms with Gasteiger partial charge in [0.1, 0.15) is 11.5 Å². The molecule has 1 aliphatic heterocycles. The topological polar surface area (TPSA) is 99.2 Å². The molecule has 1 aliphatic rings. The summed E-state index contributed by atoms with van der Waals surface area (Å²) in [4.78, 5) is 41.6. The summed E-state index contributed by atoms with van der Waals surface area (Å²) in [7, 11) is 3.85. The lowest BCUT2D eigenvalue weighted by Gasteiger charge is -2.26. The number of rotatable bonds is 8. The van der Waals surface area contributed by atoms with Gasteiger partial charge in [0.05, 0.1) is 18.2 Å². The lowest BCUT2D eigenvalue weighted by atomic mass is 9.95. The second-order valence-electron chi connectivity index (χ2n) is 10.1. The van der Waals surface area contributed by atoms with E-state index >= 15 is 0 Å². The minimum Gasteiger partial charge on any atom is -0.507 e. The number of Topliss-reactive ketones (excluding diaryl/α,β-unsaturated/α-hetero) is 1. The first-order chi connectivity index (χ1) is 18.6. The number of nitrogens with zero attached hydrogens (tertiary/aromatic N) is 2. The molecule has 0 aromatic heterocycles. The van der Waals surface area contributed by atoms with Crippen LogP contribution in [-0.2, 0) is 14.4 Å². The Bertz CT molecular complexity index is 1390. The highest BCUT2D eigenvalue weighted by Crippen LogP contribution is 2.42. The molecule has 3 aromatic carbocycles. The van der Waals surface area contributed by atoms with Gasteiger partial charge in [0.25, 0.3) is 11.7 Å². The van der Waals surface area contributed by atoms with Gasteiger partial charge in [0.2, 0.25) is 5.91 Å². The fourth-order valence-electron chi connectivity index (χ4n) is 4.41. The zero-order valence-corrected chi connectivity index (χ0v) is 22.8. The Morgan fingerprint density at radius 2 is 1.59 bits per heavy atom. The van der Waals surface area contributed by atoms with Crippen LogP contribution in [-0.4, -0.2) is 43.4 Å². The van der Waals surface area contributed by atoms with Gasteiger partial charge in [-0.05, 0) is 72.1 Å². The minimum absolute atomic E-state index is 0.000565. The lowest BCUT2D eigenvalue weighted by Crippen LogP contribution is -2.29. The maximum absolute atomic E-state index is 13.4. The first kappa shape index (κ1) is 27.4. The number of carbonyl (C=O) groups is 3. The van der Waals surface area contributed by atoms with Crippen LogP contribution in [0.25, 0.3) is 5.76 Å². The van der Waals surface area contributed by atoms with Gasteiger partial charge in [-0.15, -0.1) is 0 Å². The van der Waals surface area contributed by atoms with Gasteiger partial charge in [0.15, 0.2) is 0 Å². The van der Waals surface area contributed by atoms with Crippen LogP contribution < -0.4 is 19.9 Å². The Morgan fingerprint density at radius 1 is 0.974 bits per heavy atom. The maximum Gasteiger partial charge on any atom is 0.300 e. The van der Waals surface area contributed by atoms with Crippen LogP contribution in [0.2, 0.25) is 0 Å². The maximum atomic E-state index is 13.4. The van der Waals surface area contributed by atoms with Crippen LogP contribution in [0.5, 0.6) is 5.75 Å². The standard InChI is InChI=1S/C31H33N3O5/c1-19(2)18-39-26-16-8-22(9-17-26)29(36)27-28(21-6-12-24(13-7-21)33(4)5)34(31(38)30(27)37)25-14-10-23(11-15-25)32-20(3)35/h6-17,19,28,36H,18H2,1-5H3,(H,32,35)/b29-27-. The summed E-state index contributed by atoms with van der Waals surface area (Å²) in [5.74, 6) is -0.994. The highest BCUT2D eigenvalue weighted by molar-refractivity contribution is 6.51. The predicted octanol–water partition coefficient (Wildman–Crippen LogP) is 5.37. The third-order valence-electron chi connectivity index (χ3n) is 6.35. The third-order valence-corrected chi connectivity index (χ3v) is 6.35. The molecule has 0 saturated carbocycles. The number of anilines is 3. The normalized spacial score (nSPS) is 16.5. The van der Waals surface area contributed by atoms with Crippen LogP contribution in [0.3, 0.4) is 0 Å². The number of ether oxygens (including phenoxy) is 1. The van der Waals surface area contributed by atoms with Gasteiger partial charge in [-0.3, -0.25) is 19.3 Å². The second kappa shape index (κ2) is 11.4. The smallest absolute Gasteiger partial charge is 0.300 e. The molecule has 202 valence electrons. The van der Waals surface area contributed by atoms with Crippen LogP contribution in [0.15, 0.2) is 78.4 Å². The molecule has 0 aliphatic carbocycles. The van der Waals surface area contributed by atoms with E-state index in [0.29, 0.717) is 40.8 Å². The van der Waals surface area contributed by atoms with Crippen LogP contribution in [0.4, 0.5) is 17.1 Å². The lowest BCUT2D eigenvalue weighted by molar-refractivity contribution is -0.132. The van der Waals surface area contributed by atoms with Crippen molar-refractivity contribution in [2.75, 3.05) is 35.8 Å². The summed E-state index contributed by atoms with van der Waals surface area (Å²) in [6.45, 7) is 6.07. The SMILES string of the molecule is CC(=O)Nc1ccc(N2C(=O)C(=O)/C(=C(\O)c3ccc(OCC(C)C)cc3)C2c2ccc(N(C)C)cc2)cc1. The van der Waals surface area contributed by atoms with Gasteiger partial charge in [-0.1, -0.05) is 26.0 Å². The predicted molar refractivity (Wildman–Crippen MR) is 153 cm³/mol. The van der Waals surface area contributed by atoms with E-state index in [1.54, 1.807) is 48.5 Å². The number of ketones is 1. The van der Waals surface area contributed by atoms with Crippen molar-refractivity contribution >= 4 is 40.4 Å².